The van der Waals surface area contributed by atoms with Crippen molar-refractivity contribution in [3.63, 3.8) is 0 Å². The van der Waals surface area contributed by atoms with Crippen molar-refractivity contribution in [1.82, 2.24) is 4.90 Å². The fourth-order valence-electron chi connectivity index (χ4n) is 3.85. The number of hydrogen-bond donors (Lipinski definition) is 0. The van der Waals surface area contributed by atoms with Crippen molar-refractivity contribution in [3.05, 3.63) is 0 Å². The average Bonchev–Trinajstić information content (AvgIpc) is 2.44. The molecule has 0 aromatic rings. The van der Waals surface area contributed by atoms with E-state index in [4.69, 9.17) is 4.74 Å². The number of fused-ring (bicyclic) bond motifs is 1. The highest BCUT2D eigenvalue weighted by Gasteiger charge is 2.39. The standard InChI is InChI=1S/C16H29NO2/c1-3-5-10-17-12-14(16(18)19-4-2)11-13-8-6-7-9-15(13)17/h13-15H,3-12H2,1-2H3/t13-,14+,15-/m1/s1. The van der Waals surface area contributed by atoms with Gasteiger partial charge in [-0.1, -0.05) is 26.2 Å². The Morgan fingerprint density at radius 1 is 1.26 bits per heavy atom. The van der Waals surface area contributed by atoms with Crippen molar-refractivity contribution in [2.75, 3.05) is 19.7 Å². The zero-order valence-corrected chi connectivity index (χ0v) is 12.6. The Hall–Kier alpha value is -0.570. The summed E-state index contributed by atoms with van der Waals surface area (Å²) in [5.41, 5.74) is 0. The molecule has 1 saturated heterocycles. The van der Waals surface area contributed by atoms with Crippen LogP contribution in [0, 0.1) is 11.8 Å². The molecule has 1 aliphatic carbocycles. The maximum Gasteiger partial charge on any atom is 0.310 e. The molecule has 0 N–H and O–H groups in total. The van der Waals surface area contributed by atoms with Crippen molar-refractivity contribution < 1.29 is 9.53 Å². The summed E-state index contributed by atoms with van der Waals surface area (Å²) in [7, 11) is 0. The molecule has 0 unspecified atom stereocenters. The second kappa shape index (κ2) is 7.28. The molecule has 0 spiro atoms. The van der Waals surface area contributed by atoms with E-state index in [1.54, 1.807) is 0 Å². The zero-order valence-electron chi connectivity index (χ0n) is 12.6. The van der Waals surface area contributed by atoms with Gasteiger partial charge in [0, 0.05) is 12.6 Å². The lowest BCUT2D eigenvalue weighted by molar-refractivity contribution is -0.152. The first-order valence-electron chi connectivity index (χ1n) is 8.17. The van der Waals surface area contributed by atoms with E-state index in [-0.39, 0.29) is 11.9 Å². The van der Waals surface area contributed by atoms with Crippen LogP contribution in [0.1, 0.15) is 58.8 Å². The summed E-state index contributed by atoms with van der Waals surface area (Å²) in [5.74, 6) is 0.887. The first kappa shape index (κ1) is 14.8. The molecule has 110 valence electrons. The summed E-state index contributed by atoms with van der Waals surface area (Å²) < 4.78 is 5.25. The van der Waals surface area contributed by atoms with Gasteiger partial charge in [0.2, 0.25) is 0 Å². The van der Waals surface area contributed by atoms with Gasteiger partial charge in [0.25, 0.3) is 0 Å². The van der Waals surface area contributed by atoms with Crippen LogP contribution in [0.25, 0.3) is 0 Å². The fraction of sp³-hybridized carbons (Fsp3) is 0.938. The fourth-order valence-corrected chi connectivity index (χ4v) is 3.85. The van der Waals surface area contributed by atoms with Crippen LogP contribution < -0.4 is 0 Å². The highest BCUT2D eigenvalue weighted by atomic mass is 16.5. The van der Waals surface area contributed by atoms with Crippen molar-refractivity contribution in [2.45, 2.75) is 64.8 Å². The second-order valence-electron chi connectivity index (χ2n) is 6.15. The number of carbonyl (C=O) groups excluding carboxylic acids is 1. The molecule has 0 bridgehead atoms. The molecule has 0 aromatic heterocycles. The molecule has 1 heterocycles. The van der Waals surface area contributed by atoms with Crippen molar-refractivity contribution in [2.24, 2.45) is 11.8 Å². The van der Waals surface area contributed by atoms with Gasteiger partial charge in [0.15, 0.2) is 0 Å². The lowest BCUT2D eigenvalue weighted by Gasteiger charge is -2.46. The quantitative estimate of drug-likeness (QED) is 0.716. The van der Waals surface area contributed by atoms with E-state index in [1.807, 2.05) is 6.92 Å². The van der Waals surface area contributed by atoms with Crippen LogP contribution in [-0.2, 0) is 9.53 Å². The molecule has 0 radical (unpaired) electrons. The number of ether oxygens (including phenoxy) is 1. The van der Waals surface area contributed by atoms with Crippen molar-refractivity contribution >= 4 is 5.97 Å². The lowest BCUT2D eigenvalue weighted by Crippen LogP contribution is -2.52. The Kier molecular flexibility index (Phi) is 5.68. The van der Waals surface area contributed by atoms with Crippen LogP contribution in [0.5, 0.6) is 0 Å². The molecule has 3 heteroatoms. The lowest BCUT2D eigenvalue weighted by atomic mass is 9.75. The van der Waals surface area contributed by atoms with Crippen molar-refractivity contribution in [3.8, 4) is 0 Å². The molecule has 19 heavy (non-hydrogen) atoms. The molecule has 2 rings (SSSR count). The van der Waals surface area contributed by atoms with Crippen LogP contribution >= 0.6 is 0 Å². The van der Waals surface area contributed by atoms with Gasteiger partial charge in [-0.3, -0.25) is 9.69 Å². The summed E-state index contributed by atoms with van der Waals surface area (Å²) in [6.07, 6.45) is 8.90. The van der Waals surface area contributed by atoms with E-state index in [9.17, 15) is 4.79 Å². The topological polar surface area (TPSA) is 29.5 Å². The van der Waals surface area contributed by atoms with E-state index in [1.165, 1.54) is 38.5 Å². The van der Waals surface area contributed by atoms with Crippen molar-refractivity contribution in [1.29, 1.82) is 0 Å². The number of piperidine rings is 1. The van der Waals surface area contributed by atoms with Gasteiger partial charge in [-0.25, -0.2) is 0 Å². The third kappa shape index (κ3) is 3.71. The normalized spacial score (nSPS) is 31.8. The van der Waals surface area contributed by atoms with Crippen LogP contribution in [0.3, 0.4) is 0 Å². The summed E-state index contributed by atoms with van der Waals surface area (Å²) in [5, 5.41) is 0. The highest BCUT2D eigenvalue weighted by Crippen LogP contribution is 2.37. The van der Waals surface area contributed by atoms with E-state index in [0.717, 1.165) is 31.5 Å². The average molecular weight is 267 g/mol. The minimum Gasteiger partial charge on any atom is -0.466 e. The molecule has 1 saturated carbocycles. The largest absolute Gasteiger partial charge is 0.466 e. The predicted molar refractivity (Wildman–Crippen MR) is 77.0 cm³/mol. The Morgan fingerprint density at radius 2 is 2.05 bits per heavy atom. The summed E-state index contributed by atoms with van der Waals surface area (Å²) >= 11 is 0. The van der Waals surface area contributed by atoms with Gasteiger partial charge >= 0.3 is 5.97 Å². The molecule has 0 aromatic carbocycles. The van der Waals surface area contributed by atoms with E-state index < -0.39 is 0 Å². The van der Waals surface area contributed by atoms with Gasteiger partial charge < -0.3 is 4.74 Å². The van der Waals surface area contributed by atoms with Crippen LogP contribution in [0.2, 0.25) is 0 Å². The maximum atomic E-state index is 12.0. The molecule has 2 fully saturated rings. The van der Waals surface area contributed by atoms with E-state index >= 15 is 0 Å². The molecule has 3 nitrogen and oxygen atoms in total. The third-order valence-electron chi connectivity index (χ3n) is 4.80. The molecular formula is C16H29NO2. The summed E-state index contributed by atoms with van der Waals surface area (Å²) in [6, 6.07) is 0.742. The number of likely N-dealkylation sites (tertiary alicyclic amines) is 1. The monoisotopic (exact) mass is 267 g/mol. The minimum absolute atomic E-state index is 0.0352. The van der Waals surface area contributed by atoms with E-state index in [0.29, 0.717) is 6.61 Å². The van der Waals surface area contributed by atoms with Gasteiger partial charge in [-0.15, -0.1) is 0 Å². The van der Waals surface area contributed by atoms with Gasteiger partial charge in [-0.2, -0.15) is 0 Å². The number of carbonyl (C=O) groups is 1. The number of hydrogen-bond acceptors (Lipinski definition) is 3. The second-order valence-corrected chi connectivity index (χ2v) is 6.15. The maximum absolute atomic E-state index is 12.0. The SMILES string of the molecule is CCCCN1C[C@@H](C(=O)OCC)C[C@H]2CCCC[C@H]21. The van der Waals surface area contributed by atoms with Crippen LogP contribution in [-0.4, -0.2) is 36.6 Å². The Labute approximate surface area is 117 Å². The third-order valence-corrected chi connectivity index (χ3v) is 4.80. The Bertz CT molecular complexity index is 292. The molecular weight excluding hydrogens is 238 g/mol. The van der Waals surface area contributed by atoms with Crippen LogP contribution in [0.15, 0.2) is 0 Å². The van der Waals surface area contributed by atoms with Gasteiger partial charge in [0.05, 0.1) is 12.5 Å². The van der Waals surface area contributed by atoms with Gasteiger partial charge in [0.1, 0.15) is 0 Å². The first-order chi connectivity index (χ1) is 9.26. The Morgan fingerprint density at radius 3 is 2.79 bits per heavy atom. The highest BCUT2D eigenvalue weighted by molar-refractivity contribution is 5.72. The smallest absolute Gasteiger partial charge is 0.310 e. The van der Waals surface area contributed by atoms with E-state index in [2.05, 4.69) is 11.8 Å². The molecule has 2 aliphatic rings. The summed E-state index contributed by atoms with van der Waals surface area (Å²) in [6.45, 7) is 6.75. The number of rotatable bonds is 5. The predicted octanol–water partition coefficient (Wildman–Crippen LogP) is 3.23. The first-order valence-corrected chi connectivity index (χ1v) is 8.17. The zero-order chi connectivity index (χ0) is 13.7. The number of esters is 1. The summed E-state index contributed by atoms with van der Waals surface area (Å²) in [4.78, 5) is 14.6. The van der Waals surface area contributed by atoms with Crippen LogP contribution in [0.4, 0.5) is 0 Å². The Balaban J connectivity index is 1.99. The minimum atomic E-state index is 0.0352. The molecule has 3 atom stereocenters. The molecule has 0 amide bonds. The molecule has 1 aliphatic heterocycles. The number of unbranched alkanes of at least 4 members (excludes halogenated alkanes) is 1. The number of nitrogens with zero attached hydrogens (tertiary/aromatic N) is 1. The van der Waals surface area contributed by atoms with Gasteiger partial charge in [-0.05, 0) is 45.1 Å².